The van der Waals surface area contributed by atoms with Gasteiger partial charge < -0.3 is 21.1 Å². The van der Waals surface area contributed by atoms with Crippen molar-refractivity contribution in [3.05, 3.63) is 17.8 Å². The van der Waals surface area contributed by atoms with Crippen molar-refractivity contribution in [2.75, 3.05) is 30.8 Å². The number of esters is 1. The Morgan fingerprint density at radius 1 is 1.53 bits per heavy atom. The zero-order chi connectivity index (χ0) is 14.0. The lowest BCUT2D eigenvalue weighted by Gasteiger charge is -2.18. The van der Waals surface area contributed by atoms with Crippen LogP contribution in [0.2, 0.25) is 0 Å². The number of methoxy groups -OCH3 is 1. The molecule has 1 amide bonds. The van der Waals surface area contributed by atoms with Gasteiger partial charge in [-0.25, -0.2) is 9.78 Å². The molecule has 0 bridgehead atoms. The van der Waals surface area contributed by atoms with Crippen LogP contribution in [-0.2, 0) is 9.53 Å². The number of hydrogen-bond donors (Lipinski definition) is 2. The number of nitrogen functional groups attached to an aromatic ring is 1. The van der Waals surface area contributed by atoms with Gasteiger partial charge in [-0.1, -0.05) is 0 Å². The first kappa shape index (κ1) is 13.1. The van der Waals surface area contributed by atoms with E-state index in [1.54, 1.807) is 6.07 Å². The molecule has 7 nitrogen and oxygen atoms in total. The summed E-state index contributed by atoms with van der Waals surface area (Å²) in [4.78, 5) is 28.8. The van der Waals surface area contributed by atoms with Gasteiger partial charge in [0.1, 0.15) is 5.82 Å². The molecule has 1 saturated heterocycles. The van der Waals surface area contributed by atoms with Gasteiger partial charge in [0.15, 0.2) is 0 Å². The van der Waals surface area contributed by atoms with Crippen LogP contribution in [0.5, 0.6) is 0 Å². The van der Waals surface area contributed by atoms with E-state index >= 15 is 0 Å². The van der Waals surface area contributed by atoms with Gasteiger partial charge in [0.25, 0.3) is 0 Å². The molecule has 0 saturated carbocycles. The van der Waals surface area contributed by atoms with Crippen LogP contribution in [-0.4, -0.2) is 37.1 Å². The number of aromatic nitrogens is 1. The molecule has 1 aliphatic rings. The van der Waals surface area contributed by atoms with Crippen molar-refractivity contribution < 1.29 is 14.3 Å². The zero-order valence-corrected chi connectivity index (χ0v) is 10.6. The van der Waals surface area contributed by atoms with Crippen LogP contribution in [0, 0.1) is 5.92 Å². The lowest BCUT2D eigenvalue weighted by atomic mass is 10.1. The van der Waals surface area contributed by atoms with Gasteiger partial charge in [0.2, 0.25) is 5.91 Å². The number of hydrogen-bond acceptors (Lipinski definition) is 6. The fourth-order valence-electron chi connectivity index (χ4n) is 2.12. The molecule has 0 aliphatic carbocycles. The maximum absolute atomic E-state index is 11.6. The molecular weight excluding hydrogens is 248 g/mol. The van der Waals surface area contributed by atoms with E-state index in [0.717, 1.165) is 0 Å². The average Bonchev–Trinajstić information content (AvgIpc) is 2.88. The maximum atomic E-state index is 11.6. The topological polar surface area (TPSA) is 112 Å². The maximum Gasteiger partial charge on any atom is 0.340 e. The number of pyridine rings is 1. The summed E-state index contributed by atoms with van der Waals surface area (Å²) in [5.74, 6) is -0.405. The van der Waals surface area contributed by atoms with E-state index in [0.29, 0.717) is 25.3 Å². The Morgan fingerprint density at radius 2 is 2.26 bits per heavy atom. The van der Waals surface area contributed by atoms with Crippen molar-refractivity contribution in [3.63, 3.8) is 0 Å². The molecule has 0 spiro atoms. The molecule has 1 atom stereocenters. The summed E-state index contributed by atoms with van der Waals surface area (Å²) in [5, 5.41) is 0. The third-order valence-electron chi connectivity index (χ3n) is 3.24. The molecule has 102 valence electrons. The second-order valence-corrected chi connectivity index (χ2v) is 4.46. The van der Waals surface area contributed by atoms with Crippen LogP contribution in [0.4, 0.5) is 11.5 Å². The number of ether oxygens (including phenoxy) is 1. The monoisotopic (exact) mass is 264 g/mol. The molecule has 19 heavy (non-hydrogen) atoms. The third-order valence-corrected chi connectivity index (χ3v) is 3.24. The highest BCUT2D eigenvalue weighted by Gasteiger charge is 2.28. The minimum atomic E-state index is -0.508. The van der Waals surface area contributed by atoms with Gasteiger partial charge in [-0.2, -0.15) is 0 Å². The lowest BCUT2D eigenvalue weighted by molar-refractivity contribution is -0.121. The Morgan fingerprint density at radius 3 is 2.84 bits per heavy atom. The van der Waals surface area contributed by atoms with E-state index in [9.17, 15) is 9.59 Å². The predicted molar refractivity (Wildman–Crippen MR) is 69.5 cm³/mol. The molecular formula is C12H16N4O3. The summed E-state index contributed by atoms with van der Waals surface area (Å²) >= 11 is 0. The SMILES string of the molecule is COC(=O)c1cc(N2CCC(C(N)=O)C2)ncc1N. The van der Waals surface area contributed by atoms with Crippen LogP contribution in [0.1, 0.15) is 16.8 Å². The quantitative estimate of drug-likeness (QED) is 0.729. The number of nitrogens with two attached hydrogens (primary N) is 2. The second kappa shape index (κ2) is 5.13. The summed E-state index contributed by atoms with van der Waals surface area (Å²) in [5.41, 5.74) is 11.5. The molecule has 1 aromatic rings. The highest BCUT2D eigenvalue weighted by molar-refractivity contribution is 5.95. The van der Waals surface area contributed by atoms with Crippen molar-refractivity contribution in [1.82, 2.24) is 4.98 Å². The first-order chi connectivity index (χ1) is 9.02. The van der Waals surface area contributed by atoms with Crippen molar-refractivity contribution in [2.45, 2.75) is 6.42 Å². The molecule has 4 N–H and O–H groups in total. The minimum Gasteiger partial charge on any atom is -0.465 e. The summed E-state index contributed by atoms with van der Waals surface area (Å²) in [7, 11) is 1.29. The van der Waals surface area contributed by atoms with Crippen molar-refractivity contribution >= 4 is 23.4 Å². The van der Waals surface area contributed by atoms with Crippen LogP contribution in [0.3, 0.4) is 0 Å². The zero-order valence-electron chi connectivity index (χ0n) is 10.6. The first-order valence-corrected chi connectivity index (χ1v) is 5.91. The molecule has 1 fully saturated rings. The van der Waals surface area contributed by atoms with Gasteiger partial charge >= 0.3 is 5.97 Å². The number of carbonyl (C=O) groups excluding carboxylic acids is 2. The Balaban J connectivity index is 2.22. The molecule has 0 aromatic carbocycles. The number of rotatable bonds is 3. The number of primary amides is 1. The lowest BCUT2D eigenvalue weighted by Crippen LogP contribution is -2.27. The van der Waals surface area contributed by atoms with Gasteiger partial charge in [-0.05, 0) is 12.5 Å². The first-order valence-electron chi connectivity index (χ1n) is 5.91. The van der Waals surface area contributed by atoms with E-state index in [2.05, 4.69) is 9.72 Å². The van der Waals surface area contributed by atoms with E-state index in [4.69, 9.17) is 11.5 Å². The molecule has 2 rings (SSSR count). The van der Waals surface area contributed by atoms with E-state index in [1.807, 2.05) is 4.90 Å². The number of amides is 1. The Labute approximate surface area is 110 Å². The van der Waals surface area contributed by atoms with Gasteiger partial charge in [-0.3, -0.25) is 4.79 Å². The molecule has 1 unspecified atom stereocenters. The average molecular weight is 264 g/mol. The molecule has 1 aromatic heterocycles. The molecule has 1 aliphatic heterocycles. The number of carbonyl (C=O) groups is 2. The molecule has 0 radical (unpaired) electrons. The van der Waals surface area contributed by atoms with Gasteiger partial charge in [0.05, 0.1) is 30.5 Å². The van der Waals surface area contributed by atoms with Crippen LogP contribution in [0.15, 0.2) is 12.3 Å². The van der Waals surface area contributed by atoms with E-state index in [-0.39, 0.29) is 23.1 Å². The van der Waals surface area contributed by atoms with Gasteiger partial charge in [0, 0.05) is 13.1 Å². The van der Waals surface area contributed by atoms with Gasteiger partial charge in [-0.15, -0.1) is 0 Å². The Hall–Kier alpha value is -2.31. The van der Waals surface area contributed by atoms with Crippen molar-refractivity contribution in [3.8, 4) is 0 Å². The van der Waals surface area contributed by atoms with E-state index in [1.165, 1.54) is 13.3 Å². The summed E-state index contributed by atoms with van der Waals surface area (Å²) < 4.78 is 4.65. The number of anilines is 2. The van der Waals surface area contributed by atoms with Crippen molar-refractivity contribution in [2.24, 2.45) is 11.7 Å². The van der Waals surface area contributed by atoms with Crippen LogP contribution < -0.4 is 16.4 Å². The Bertz CT molecular complexity index is 518. The highest BCUT2D eigenvalue weighted by Crippen LogP contribution is 2.24. The van der Waals surface area contributed by atoms with Crippen LogP contribution in [0.25, 0.3) is 0 Å². The molecule has 7 heteroatoms. The summed E-state index contributed by atoms with van der Waals surface area (Å²) in [6, 6.07) is 1.57. The fraction of sp³-hybridized carbons (Fsp3) is 0.417. The summed E-state index contributed by atoms with van der Waals surface area (Å²) in [6.45, 7) is 1.18. The fourth-order valence-corrected chi connectivity index (χ4v) is 2.12. The third kappa shape index (κ3) is 2.59. The van der Waals surface area contributed by atoms with Crippen LogP contribution >= 0.6 is 0 Å². The Kier molecular flexibility index (Phi) is 3.55. The largest absolute Gasteiger partial charge is 0.465 e. The summed E-state index contributed by atoms with van der Waals surface area (Å²) in [6.07, 6.45) is 2.11. The predicted octanol–water partition coefficient (Wildman–Crippen LogP) is -0.238. The van der Waals surface area contributed by atoms with E-state index < -0.39 is 5.97 Å². The highest BCUT2D eigenvalue weighted by atomic mass is 16.5. The van der Waals surface area contributed by atoms with Crippen molar-refractivity contribution in [1.29, 1.82) is 0 Å². The number of nitrogens with zero attached hydrogens (tertiary/aromatic N) is 2. The smallest absolute Gasteiger partial charge is 0.340 e. The minimum absolute atomic E-state index is 0.180. The molecule has 2 heterocycles. The standard InChI is InChI=1S/C12H16N4O3/c1-19-12(18)8-4-10(15-5-9(8)13)16-3-2-7(6-16)11(14)17/h4-5,7H,2-3,6,13H2,1H3,(H2,14,17). The normalized spacial score (nSPS) is 18.4. The second-order valence-electron chi connectivity index (χ2n) is 4.46.